The molecule has 1 atom stereocenters. The third-order valence-corrected chi connectivity index (χ3v) is 3.56. The van der Waals surface area contributed by atoms with E-state index in [0.29, 0.717) is 10.2 Å². The Morgan fingerprint density at radius 3 is 2.72 bits per heavy atom. The Labute approximate surface area is 114 Å². The fourth-order valence-corrected chi connectivity index (χ4v) is 1.66. The second-order valence-corrected chi connectivity index (χ2v) is 5.44. The average molecular weight is 320 g/mol. The van der Waals surface area contributed by atoms with Crippen molar-refractivity contribution in [1.82, 2.24) is 9.78 Å². The lowest BCUT2D eigenvalue weighted by Gasteiger charge is -2.30. The zero-order valence-electron chi connectivity index (χ0n) is 10.6. The summed E-state index contributed by atoms with van der Waals surface area (Å²) in [5.74, 6) is 0. The van der Waals surface area contributed by atoms with E-state index in [1.807, 2.05) is 13.8 Å². The molecule has 0 spiro atoms. The van der Waals surface area contributed by atoms with E-state index in [2.05, 4.69) is 26.3 Å². The molecule has 1 rings (SSSR count). The summed E-state index contributed by atoms with van der Waals surface area (Å²) in [6, 6.07) is 0. The molecule has 0 fully saturated rings. The number of hydrogen-bond acceptors (Lipinski definition) is 5. The first-order chi connectivity index (χ1) is 8.29. The van der Waals surface area contributed by atoms with E-state index in [9.17, 15) is 9.90 Å². The van der Waals surface area contributed by atoms with Crippen molar-refractivity contribution in [1.29, 1.82) is 0 Å². The van der Waals surface area contributed by atoms with Crippen LogP contribution in [0.25, 0.3) is 0 Å². The number of aliphatic hydroxyl groups excluding tert-OH is 2. The van der Waals surface area contributed by atoms with Crippen molar-refractivity contribution < 1.29 is 10.2 Å². The Morgan fingerprint density at radius 1 is 1.61 bits per heavy atom. The summed E-state index contributed by atoms with van der Waals surface area (Å²) in [5, 5.41) is 25.4. The molecule has 18 heavy (non-hydrogen) atoms. The number of rotatable bonds is 5. The van der Waals surface area contributed by atoms with Gasteiger partial charge in [0, 0.05) is 0 Å². The fourth-order valence-electron chi connectivity index (χ4n) is 1.26. The van der Waals surface area contributed by atoms with Gasteiger partial charge in [0.15, 0.2) is 0 Å². The molecule has 0 saturated carbocycles. The first kappa shape index (κ1) is 15.1. The minimum atomic E-state index is -0.593. The monoisotopic (exact) mass is 319 g/mol. The summed E-state index contributed by atoms with van der Waals surface area (Å²) in [6.07, 6.45) is 0.898. The predicted octanol–water partition coefficient (Wildman–Crippen LogP) is 0.569. The molecule has 1 aromatic heterocycles. The SMILES string of the molecule is CC(O)C(C)(C)Nc1cnn(CCO)c(=O)c1Br. The van der Waals surface area contributed by atoms with E-state index in [0.717, 1.165) is 0 Å². The van der Waals surface area contributed by atoms with Crippen molar-refractivity contribution in [2.45, 2.75) is 39.0 Å². The number of halogens is 1. The van der Waals surface area contributed by atoms with E-state index in [1.54, 1.807) is 6.92 Å². The van der Waals surface area contributed by atoms with E-state index < -0.39 is 11.6 Å². The molecule has 0 aliphatic rings. The highest BCUT2D eigenvalue weighted by Gasteiger charge is 2.25. The van der Waals surface area contributed by atoms with Gasteiger partial charge in [0.05, 0.1) is 36.7 Å². The Bertz CT molecular complexity index is 471. The van der Waals surface area contributed by atoms with Crippen LogP contribution >= 0.6 is 15.9 Å². The summed E-state index contributed by atoms with van der Waals surface area (Å²) >= 11 is 3.20. The second kappa shape index (κ2) is 5.81. The van der Waals surface area contributed by atoms with Gasteiger partial charge in [0.1, 0.15) is 4.47 Å². The van der Waals surface area contributed by atoms with Crippen molar-refractivity contribution in [3.8, 4) is 0 Å². The highest BCUT2D eigenvalue weighted by molar-refractivity contribution is 9.10. The van der Waals surface area contributed by atoms with E-state index in [4.69, 9.17) is 5.11 Å². The van der Waals surface area contributed by atoms with Crippen molar-refractivity contribution in [3.63, 3.8) is 0 Å². The maximum absolute atomic E-state index is 11.9. The summed E-state index contributed by atoms with van der Waals surface area (Å²) < 4.78 is 1.50. The van der Waals surface area contributed by atoms with Crippen LogP contribution in [0.15, 0.2) is 15.5 Å². The molecule has 0 aliphatic heterocycles. The van der Waals surface area contributed by atoms with Crippen LogP contribution in [0.5, 0.6) is 0 Å². The number of hydrogen-bond donors (Lipinski definition) is 3. The summed E-state index contributed by atoms with van der Waals surface area (Å²) in [5.41, 5.74) is -0.393. The molecule has 0 radical (unpaired) electrons. The lowest BCUT2D eigenvalue weighted by Crippen LogP contribution is -2.42. The second-order valence-electron chi connectivity index (χ2n) is 4.65. The molecule has 6 nitrogen and oxygen atoms in total. The molecule has 0 bridgehead atoms. The van der Waals surface area contributed by atoms with Crippen LogP contribution in [-0.2, 0) is 6.54 Å². The number of anilines is 1. The predicted molar refractivity (Wildman–Crippen MR) is 72.7 cm³/mol. The maximum atomic E-state index is 11.9. The first-order valence-electron chi connectivity index (χ1n) is 5.62. The quantitative estimate of drug-likeness (QED) is 0.738. The van der Waals surface area contributed by atoms with Crippen LogP contribution in [0.2, 0.25) is 0 Å². The molecule has 7 heteroatoms. The van der Waals surface area contributed by atoms with Gasteiger partial charge in [-0.3, -0.25) is 4.79 Å². The zero-order valence-corrected chi connectivity index (χ0v) is 12.2. The molecule has 0 amide bonds. The van der Waals surface area contributed by atoms with Crippen molar-refractivity contribution in [2.75, 3.05) is 11.9 Å². The standard InChI is InChI=1S/C11H18BrN3O3/c1-7(17)11(2,3)14-8-6-13-15(4-5-16)10(18)9(8)12/h6-7,14,16-17H,4-5H2,1-3H3. The lowest BCUT2D eigenvalue weighted by molar-refractivity contribution is 0.133. The van der Waals surface area contributed by atoms with Crippen LogP contribution in [0, 0.1) is 0 Å². The Balaban J connectivity index is 3.06. The van der Waals surface area contributed by atoms with E-state index in [1.165, 1.54) is 10.9 Å². The summed E-state index contributed by atoms with van der Waals surface area (Å²) in [4.78, 5) is 11.9. The normalized spacial score (nSPS) is 13.4. The van der Waals surface area contributed by atoms with Gasteiger partial charge in [0.2, 0.25) is 0 Å². The minimum absolute atomic E-state index is 0.148. The third-order valence-electron chi connectivity index (χ3n) is 2.80. The molecular weight excluding hydrogens is 302 g/mol. The van der Waals surface area contributed by atoms with Crippen molar-refractivity contribution >= 4 is 21.6 Å². The molecule has 0 saturated heterocycles. The fraction of sp³-hybridized carbons (Fsp3) is 0.636. The largest absolute Gasteiger partial charge is 0.394 e. The molecule has 0 aliphatic carbocycles. The van der Waals surface area contributed by atoms with E-state index >= 15 is 0 Å². The maximum Gasteiger partial charge on any atom is 0.283 e. The topological polar surface area (TPSA) is 87.4 Å². The molecule has 1 heterocycles. The van der Waals surface area contributed by atoms with Gasteiger partial charge in [-0.2, -0.15) is 5.10 Å². The van der Waals surface area contributed by atoms with Gasteiger partial charge in [-0.15, -0.1) is 0 Å². The van der Waals surface area contributed by atoms with Gasteiger partial charge in [0.25, 0.3) is 5.56 Å². The van der Waals surface area contributed by atoms with E-state index in [-0.39, 0.29) is 18.7 Å². The highest BCUT2D eigenvalue weighted by atomic mass is 79.9. The molecule has 102 valence electrons. The van der Waals surface area contributed by atoms with Crippen LogP contribution < -0.4 is 10.9 Å². The van der Waals surface area contributed by atoms with Gasteiger partial charge >= 0.3 is 0 Å². The molecule has 1 aromatic rings. The van der Waals surface area contributed by atoms with Crippen molar-refractivity contribution in [3.05, 3.63) is 21.0 Å². The van der Waals surface area contributed by atoms with Crippen LogP contribution in [0.3, 0.4) is 0 Å². The molecule has 3 N–H and O–H groups in total. The highest BCUT2D eigenvalue weighted by Crippen LogP contribution is 2.22. The zero-order chi connectivity index (χ0) is 13.9. The number of nitrogens with one attached hydrogen (secondary N) is 1. The molecular formula is C11H18BrN3O3. The molecule has 0 aromatic carbocycles. The number of aromatic nitrogens is 2. The Morgan fingerprint density at radius 2 is 2.22 bits per heavy atom. The Hall–Kier alpha value is -0.920. The minimum Gasteiger partial charge on any atom is -0.394 e. The number of aliphatic hydroxyl groups is 2. The van der Waals surface area contributed by atoms with Crippen LogP contribution in [-0.4, -0.2) is 38.2 Å². The van der Waals surface area contributed by atoms with Crippen molar-refractivity contribution in [2.24, 2.45) is 0 Å². The third kappa shape index (κ3) is 3.30. The number of nitrogens with zero attached hydrogens (tertiary/aromatic N) is 2. The first-order valence-corrected chi connectivity index (χ1v) is 6.41. The average Bonchev–Trinajstić information content (AvgIpc) is 2.28. The summed E-state index contributed by atoms with van der Waals surface area (Å²) in [7, 11) is 0. The Kier molecular flexibility index (Phi) is 4.89. The van der Waals surface area contributed by atoms with Gasteiger partial charge in [-0.25, -0.2) is 4.68 Å². The van der Waals surface area contributed by atoms with Gasteiger partial charge < -0.3 is 15.5 Å². The van der Waals surface area contributed by atoms with Crippen LogP contribution in [0.1, 0.15) is 20.8 Å². The lowest BCUT2D eigenvalue weighted by atomic mass is 9.98. The summed E-state index contributed by atoms with van der Waals surface area (Å²) in [6.45, 7) is 5.32. The van der Waals surface area contributed by atoms with Gasteiger partial charge in [-0.05, 0) is 36.7 Å². The smallest absolute Gasteiger partial charge is 0.283 e. The van der Waals surface area contributed by atoms with Crippen LogP contribution in [0.4, 0.5) is 5.69 Å². The molecule has 1 unspecified atom stereocenters. The van der Waals surface area contributed by atoms with Gasteiger partial charge in [-0.1, -0.05) is 0 Å².